The maximum absolute atomic E-state index is 13.5. The van der Waals surface area contributed by atoms with Crippen molar-refractivity contribution >= 4 is 43.9 Å². The molecule has 0 aliphatic carbocycles. The van der Waals surface area contributed by atoms with E-state index >= 15 is 0 Å². The number of guanidine groups is 1. The molecule has 0 amide bonds. The molecule has 0 saturated carbocycles. The maximum Gasteiger partial charge on any atom is 0.342 e. The van der Waals surface area contributed by atoms with Crippen LogP contribution in [0.3, 0.4) is 0 Å². The average Bonchev–Trinajstić information content (AvgIpc) is 3.33. The highest BCUT2D eigenvalue weighted by molar-refractivity contribution is 7.90. The van der Waals surface area contributed by atoms with Crippen LogP contribution in [0.4, 0.5) is 5.95 Å². The number of carbonyl (C=O) groups is 2. The lowest BCUT2D eigenvalue weighted by molar-refractivity contribution is 0.0520. The monoisotopic (exact) mass is 610 g/mol. The van der Waals surface area contributed by atoms with E-state index in [9.17, 15) is 26.4 Å². The van der Waals surface area contributed by atoms with Gasteiger partial charge in [0.25, 0.3) is 26.0 Å². The number of esters is 2. The summed E-state index contributed by atoms with van der Waals surface area (Å²) < 4.78 is 71.0. The summed E-state index contributed by atoms with van der Waals surface area (Å²) in [6.07, 6.45) is 0.967. The van der Waals surface area contributed by atoms with Crippen molar-refractivity contribution in [3.8, 4) is 5.88 Å². The first-order valence-electron chi connectivity index (χ1n) is 11.5. The fourth-order valence-electron chi connectivity index (χ4n) is 3.38. The summed E-state index contributed by atoms with van der Waals surface area (Å²) in [4.78, 5) is 34.1. The standard InChI is InChI=1S/C22H26N8O9S2/c1-6-39-20(32)15-12-24-29(3)18(15)41(35,36)27-21(23)30(22-25-13(2)11-17(26-22)37-4)28-40(33,34)16-10-8-7-9-14(16)19(31)38-5/h7-12,28H,6H2,1-5H3,(H2,23,27). The van der Waals surface area contributed by atoms with Gasteiger partial charge in [-0.2, -0.15) is 23.5 Å². The summed E-state index contributed by atoms with van der Waals surface area (Å²) in [5.41, 5.74) is -0.508. The zero-order valence-electron chi connectivity index (χ0n) is 22.4. The van der Waals surface area contributed by atoms with Gasteiger partial charge in [0, 0.05) is 18.8 Å². The van der Waals surface area contributed by atoms with E-state index in [1.54, 1.807) is 0 Å². The van der Waals surface area contributed by atoms with Crippen molar-refractivity contribution in [2.24, 2.45) is 7.05 Å². The largest absolute Gasteiger partial charge is 0.481 e. The molecule has 0 spiro atoms. The van der Waals surface area contributed by atoms with Crippen molar-refractivity contribution in [1.29, 1.82) is 5.41 Å². The number of methoxy groups -OCH3 is 2. The number of nitrogens with zero attached hydrogens (tertiary/aromatic N) is 5. The van der Waals surface area contributed by atoms with Gasteiger partial charge in [-0.25, -0.2) is 27.7 Å². The Morgan fingerprint density at radius 3 is 2.37 bits per heavy atom. The van der Waals surface area contributed by atoms with Gasteiger partial charge in [-0.15, -0.1) is 4.83 Å². The minimum absolute atomic E-state index is 0.0430. The number of carbonyl (C=O) groups excluding carboxylic acids is 2. The van der Waals surface area contributed by atoms with Crippen molar-refractivity contribution < 1.29 is 40.6 Å². The molecule has 0 aliphatic rings. The molecule has 3 aromatic rings. The SMILES string of the molecule is CCOC(=O)c1cnn(C)c1S(=O)(=O)NC(=N)N(NS(=O)(=O)c1ccccc1C(=O)OC)c1nc(C)cc(OC)n1. The predicted molar refractivity (Wildman–Crippen MR) is 141 cm³/mol. The van der Waals surface area contributed by atoms with E-state index in [1.807, 2.05) is 9.55 Å². The van der Waals surface area contributed by atoms with Crippen LogP contribution in [0.15, 0.2) is 46.5 Å². The van der Waals surface area contributed by atoms with Gasteiger partial charge in [0.1, 0.15) is 5.56 Å². The van der Waals surface area contributed by atoms with Gasteiger partial charge >= 0.3 is 11.9 Å². The van der Waals surface area contributed by atoms with Gasteiger partial charge < -0.3 is 14.2 Å². The van der Waals surface area contributed by atoms with Crippen LogP contribution < -0.4 is 19.3 Å². The molecule has 0 unspecified atom stereocenters. The third kappa shape index (κ3) is 6.76. The molecular weight excluding hydrogens is 584 g/mol. The number of anilines is 1. The van der Waals surface area contributed by atoms with Crippen LogP contribution in [0.1, 0.15) is 33.3 Å². The molecule has 0 fully saturated rings. The van der Waals surface area contributed by atoms with Crippen LogP contribution in [0.5, 0.6) is 5.88 Å². The summed E-state index contributed by atoms with van der Waals surface area (Å²) >= 11 is 0. The first-order chi connectivity index (χ1) is 19.2. The van der Waals surface area contributed by atoms with Gasteiger partial charge in [-0.05, 0) is 26.0 Å². The lowest BCUT2D eigenvalue weighted by Gasteiger charge is -2.24. The second-order valence-corrected chi connectivity index (χ2v) is 11.2. The summed E-state index contributed by atoms with van der Waals surface area (Å²) in [5.74, 6) is -3.64. The van der Waals surface area contributed by atoms with E-state index in [4.69, 9.17) is 14.9 Å². The number of aromatic nitrogens is 4. The number of hydrazine groups is 1. The highest BCUT2D eigenvalue weighted by atomic mass is 32.2. The van der Waals surface area contributed by atoms with E-state index in [1.165, 1.54) is 52.3 Å². The third-order valence-electron chi connectivity index (χ3n) is 5.11. The van der Waals surface area contributed by atoms with Crippen molar-refractivity contribution in [3.63, 3.8) is 0 Å². The van der Waals surface area contributed by atoms with Crippen molar-refractivity contribution in [1.82, 2.24) is 29.3 Å². The number of aryl methyl sites for hydroxylation is 2. The lowest BCUT2D eigenvalue weighted by Crippen LogP contribution is -2.53. The fraction of sp³-hybridized carbons (Fsp3) is 0.273. The second kappa shape index (κ2) is 12.3. The molecule has 0 atom stereocenters. The maximum atomic E-state index is 13.5. The van der Waals surface area contributed by atoms with Crippen molar-refractivity contribution in [2.75, 3.05) is 25.8 Å². The topological polar surface area (TPSA) is 225 Å². The van der Waals surface area contributed by atoms with Crippen LogP contribution in [0.25, 0.3) is 0 Å². The third-order valence-corrected chi connectivity index (χ3v) is 7.92. The summed E-state index contributed by atoms with van der Waals surface area (Å²) in [5, 5.41) is 12.1. The molecule has 0 radical (unpaired) electrons. The molecule has 0 saturated heterocycles. The Hall–Kier alpha value is -4.62. The summed E-state index contributed by atoms with van der Waals surface area (Å²) in [7, 11) is -5.93. The molecule has 0 bridgehead atoms. The molecular formula is C22H26N8O9S2. The van der Waals surface area contributed by atoms with Crippen molar-refractivity contribution in [2.45, 2.75) is 23.8 Å². The van der Waals surface area contributed by atoms with Gasteiger partial charge in [-0.1, -0.05) is 12.1 Å². The molecule has 2 aromatic heterocycles. The second-order valence-electron chi connectivity index (χ2n) is 7.93. The molecule has 17 nitrogen and oxygen atoms in total. The van der Waals surface area contributed by atoms with E-state index in [0.717, 1.165) is 24.1 Å². The number of hydrogen-bond donors (Lipinski definition) is 3. The Labute approximate surface area is 235 Å². The van der Waals surface area contributed by atoms with Crippen molar-refractivity contribution in [3.05, 3.63) is 53.3 Å². The van der Waals surface area contributed by atoms with Gasteiger partial charge in [0.2, 0.25) is 11.8 Å². The summed E-state index contributed by atoms with van der Waals surface area (Å²) in [6.45, 7) is 2.99. The Bertz CT molecular complexity index is 1710. The zero-order chi connectivity index (χ0) is 30.5. The average molecular weight is 611 g/mol. The fourth-order valence-corrected chi connectivity index (χ4v) is 5.85. The molecule has 2 heterocycles. The molecule has 41 heavy (non-hydrogen) atoms. The lowest BCUT2D eigenvalue weighted by atomic mass is 10.2. The quantitative estimate of drug-likeness (QED) is 0.120. The van der Waals surface area contributed by atoms with Crippen LogP contribution in [0.2, 0.25) is 0 Å². The number of nitrogens with one attached hydrogen (secondary N) is 3. The molecule has 0 aliphatic heterocycles. The van der Waals surface area contributed by atoms with E-state index in [2.05, 4.69) is 19.8 Å². The van der Waals surface area contributed by atoms with Gasteiger partial charge in [0.15, 0.2) is 5.03 Å². The van der Waals surface area contributed by atoms with Crippen LogP contribution in [-0.4, -0.2) is 75.3 Å². The summed E-state index contributed by atoms with van der Waals surface area (Å²) in [6, 6.07) is 6.44. The molecule has 3 N–H and O–H groups in total. The van der Waals surface area contributed by atoms with E-state index in [0.29, 0.717) is 5.01 Å². The number of rotatable bonds is 10. The Balaban J connectivity index is 2.11. The zero-order valence-corrected chi connectivity index (χ0v) is 24.0. The number of ether oxygens (including phenoxy) is 3. The Morgan fingerprint density at radius 2 is 1.73 bits per heavy atom. The van der Waals surface area contributed by atoms with Crippen LogP contribution in [0, 0.1) is 12.3 Å². The van der Waals surface area contributed by atoms with E-state index in [-0.39, 0.29) is 23.7 Å². The predicted octanol–water partition coefficient (Wildman–Crippen LogP) is 0.104. The minimum atomic E-state index is -4.78. The van der Waals surface area contributed by atoms with Gasteiger partial charge in [0.05, 0.1) is 37.5 Å². The molecule has 220 valence electrons. The normalized spacial score (nSPS) is 11.4. The number of hydrogen-bond acceptors (Lipinski definition) is 13. The van der Waals surface area contributed by atoms with E-state index < -0.39 is 59.4 Å². The number of benzene rings is 1. The molecule has 19 heteroatoms. The smallest absolute Gasteiger partial charge is 0.342 e. The highest BCUT2D eigenvalue weighted by Crippen LogP contribution is 2.21. The van der Waals surface area contributed by atoms with Crippen LogP contribution >= 0.6 is 0 Å². The number of sulfonamides is 2. The Morgan fingerprint density at radius 1 is 1.05 bits per heavy atom. The first-order valence-corrected chi connectivity index (χ1v) is 14.4. The minimum Gasteiger partial charge on any atom is -0.481 e. The highest BCUT2D eigenvalue weighted by Gasteiger charge is 2.33. The molecule has 1 aromatic carbocycles. The van der Waals surface area contributed by atoms with Gasteiger partial charge in [-0.3, -0.25) is 10.1 Å². The van der Waals surface area contributed by atoms with Crippen LogP contribution in [-0.2, 0) is 36.6 Å². The molecule has 3 rings (SSSR count). The Kier molecular flexibility index (Phi) is 9.25. The first kappa shape index (κ1) is 30.9.